The van der Waals surface area contributed by atoms with Gasteiger partial charge in [-0.1, -0.05) is 50.2 Å². The van der Waals surface area contributed by atoms with E-state index in [1.807, 2.05) is 12.1 Å². The van der Waals surface area contributed by atoms with Gasteiger partial charge in [0.1, 0.15) is 0 Å². The number of benzene rings is 2. The number of carbonyl (C=O) groups excluding carboxylic acids is 1. The van der Waals surface area contributed by atoms with E-state index in [0.29, 0.717) is 11.7 Å². The van der Waals surface area contributed by atoms with Gasteiger partial charge in [0, 0.05) is 5.56 Å². The first-order chi connectivity index (χ1) is 7.70. The molecule has 0 saturated heterocycles. The summed E-state index contributed by atoms with van der Waals surface area (Å²) in [4.78, 5) is 12.3. The lowest BCUT2D eigenvalue weighted by molar-refractivity contribution is 0.0947. The molecule has 1 aliphatic rings. The van der Waals surface area contributed by atoms with Crippen molar-refractivity contribution in [3.05, 3.63) is 47.5 Å². The van der Waals surface area contributed by atoms with Gasteiger partial charge < -0.3 is 0 Å². The molecule has 1 unspecified atom stereocenters. The van der Waals surface area contributed by atoms with Gasteiger partial charge in [-0.15, -0.1) is 0 Å². The maximum absolute atomic E-state index is 12.3. The van der Waals surface area contributed by atoms with Crippen LogP contribution in [0.4, 0.5) is 0 Å². The Labute approximate surface area is 95.1 Å². The van der Waals surface area contributed by atoms with Crippen LogP contribution in [-0.2, 0) is 0 Å². The van der Waals surface area contributed by atoms with Gasteiger partial charge in [0.25, 0.3) is 0 Å². The molecule has 1 atom stereocenters. The van der Waals surface area contributed by atoms with Crippen molar-refractivity contribution < 1.29 is 4.79 Å². The van der Waals surface area contributed by atoms with E-state index < -0.39 is 0 Å². The fourth-order valence-electron chi connectivity index (χ4n) is 2.81. The van der Waals surface area contributed by atoms with E-state index in [1.54, 1.807) is 0 Å². The molecule has 1 heteroatoms. The van der Waals surface area contributed by atoms with Gasteiger partial charge in [-0.25, -0.2) is 0 Å². The van der Waals surface area contributed by atoms with Crippen molar-refractivity contribution in [2.75, 3.05) is 0 Å². The lowest BCUT2D eigenvalue weighted by Gasteiger charge is -2.14. The van der Waals surface area contributed by atoms with E-state index in [9.17, 15) is 4.79 Å². The highest BCUT2D eigenvalue weighted by Crippen LogP contribution is 2.41. The summed E-state index contributed by atoms with van der Waals surface area (Å²) in [6.45, 7) is 4.24. The van der Waals surface area contributed by atoms with Crippen molar-refractivity contribution in [1.82, 2.24) is 0 Å². The number of hydrogen-bond donors (Lipinski definition) is 0. The summed E-state index contributed by atoms with van der Waals surface area (Å²) in [5, 5.41) is 2.36. The van der Waals surface area contributed by atoms with Gasteiger partial charge in [-0.05, 0) is 22.3 Å². The van der Waals surface area contributed by atoms with Crippen LogP contribution in [0.1, 0.15) is 35.7 Å². The Balaban J connectivity index is 2.40. The number of rotatable bonds is 1. The lowest BCUT2D eigenvalue weighted by Crippen LogP contribution is -2.12. The maximum atomic E-state index is 12.3. The first kappa shape index (κ1) is 9.59. The van der Waals surface area contributed by atoms with Crippen LogP contribution in [0.25, 0.3) is 10.8 Å². The molecule has 3 rings (SSSR count). The molecule has 0 fully saturated rings. The Bertz CT molecular complexity index is 576. The minimum Gasteiger partial charge on any atom is -0.293 e. The lowest BCUT2D eigenvalue weighted by atomic mass is 9.88. The van der Waals surface area contributed by atoms with E-state index >= 15 is 0 Å². The summed E-state index contributed by atoms with van der Waals surface area (Å²) >= 11 is 0. The molecule has 0 heterocycles. The summed E-state index contributed by atoms with van der Waals surface area (Å²) in [5.41, 5.74) is 2.12. The zero-order valence-electron chi connectivity index (χ0n) is 9.53. The summed E-state index contributed by atoms with van der Waals surface area (Å²) in [7, 11) is 0. The molecule has 2 aromatic rings. The summed E-state index contributed by atoms with van der Waals surface area (Å²) in [6, 6.07) is 12.2. The minimum atomic E-state index is 0.0566. The van der Waals surface area contributed by atoms with Crippen molar-refractivity contribution in [3.63, 3.8) is 0 Å². The molecule has 2 aromatic carbocycles. The molecule has 0 amide bonds. The predicted octanol–water partition coefficient (Wildman–Crippen LogP) is 3.78. The quantitative estimate of drug-likeness (QED) is 0.700. The third kappa shape index (κ3) is 1.09. The van der Waals surface area contributed by atoms with Crippen molar-refractivity contribution in [1.29, 1.82) is 0 Å². The molecule has 16 heavy (non-hydrogen) atoms. The van der Waals surface area contributed by atoms with Gasteiger partial charge in [0.2, 0.25) is 0 Å². The maximum Gasteiger partial charge on any atom is 0.171 e. The topological polar surface area (TPSA) is 17.1 Å². The SMILES string of the molecule is CC(C)C1C(=O)c2cccc3cccc1c23. The fourth-order valence-corrected chi connectivity index (χ4v) is 2.81. The van der Waals surface area contributed by atoms with Crippen LogP contribution >= 0.6 is 0 Å². The van der Waals surface area contributed by atoms with Crippen molar-refractivity contribution in [2.24, 2.45) is 5.92 Å². The molecular formula is C15H14O. The largest absolute Gasteiger partial charge is 0.293 e. The van der Waals surface area contributed by atoms with Crippen LogP contribution in [-0.4, -0.2) is 5.78 Å². The minimum absolute atomic E-state index is 0.0566. The third-order valence-electron chi connectivity index (χ3n) is 3.49. The highest BCUT2D eigenvalue weighted by molar-refractivity contribution is 6.18. The smallest absolute Gasteiger partial charge is 0.171 e. The van der Waals surface area contributed by atoms with E-state index in [2.05, 4.69) is 38.1 Å². The summed E-state index contributed by atoms with van der Waals surface area (Å²) in [5.74, 6) is 0.716. The second-order valence-corrected chi connectivity index (χ2v) is 4.84. The van der Waals surface area contributed by atoms with E-state index in [0.717, 1.165) is 5.56 Å². The summed E-state index contributed by atoms with van der Waals surface area (Å²) < 4.78 is 0. The van der Waals surface area contributed by atoms with Crippen molar-refractivity contribution >= 4 is 16.6 Å². The molecule has 1 nitrogen and oxygen atoms in total. The standard InChI is InChI=1S/C15H14O/c1-9(2)13-11-7-3-5-10-6-4-8-12(14(10)11)15(13)16/h3-9,13H,1-2H3. The molecule has 0 radical (unpaired) electrons. The Morgan fingerprint density at radius 1 is 1.06 bits per heavy atom. The second-order valence-electron chi connectivity index (χ2n) is 4.84. The zero-order chi connectivity index (χ0) is 11.3. The van der Waals surface area contributed by atoms with Crippen LogP contribution < -0.4 is 0 Å². The van der Waals surface area contributed by atoms with Crippen LogP contribution in [0, 0.1) is 5.92 Å². The van der Waals surface area contributed by atoms with E-state index in [4.69, 9.17) is 0 Å². The molecule has 1 aliphatic carbocycles. The Morgan fingerprint density at radius 2 is 1.75 bits per heavy atom. The fraction of sp³-hybridized carbons (Fsp3) is 0.267. The molecule has 80 valence electrons. The molecule has 0 spiro atoms. The van der Waals surface area contributed by atoms with Crippen LogP contribution in [0.15, 0.2) is 36.4 Å². The number of ketones is 1. The van der Waals surface area contributed by atoms with Crippen molar-refractivity contribution in [3.8, 4) is 0 Å². The third-order valence-corrected chi connectivity index (χ3v) is 3.49. The Kier molecular flexibility index (Phi) is 1.90. The van der Waals surface area contributed by atoms with Gasteiger partial charge >= 0.3 is 0 Å². The Morgan fingerprint density at radius 3 is 2.44 bits per heavy atom. The highest BCUT2D eigenvalue weighted by Gasteiger charge is 2.34. The van der Waals surface area contributed by atoms with E-state index in [1.165, 1.54) is 16.3 Å². The molecule has 0 bridgehead atoms. The number of Topliss-reactive ketones (excluding diaryl/α,β-unsaturated/α-hetero) is 1. The normalized spacial score (nSPS) is 18.7. The number of carbonyl (C=O) groups is 1. The predicted molar refractivity (Wildman–Crippen MR) is 65.9 cm³/mol. The average molecular weight is 210 g/mol. The van der Waals surface area contributed by atoms with Gasteiger partial charge in [0.15, 0.2) is 5.78 Å². The molecule has 0 N–H and O–H groups in total. The van der Waals surface area contributed by atoms with Gasteiger partial charge in [0.05, 0.1) is 5.92 Å². The molecule has 0 aromatic heterocycles. The van der Waals surface area contributed by atoms with Crippen LogP contribution in [0.2, 0.25) is 0 Å². The molecule has 0 saturated carbocycles. The van der Waals surface area contributed by atoms with Gasteiger partial charge in [-0.3, -0.25) is 4.79 Å². The first-order valence-electron chi connectivity index (χ1n) is 5.76. The number of hydrogen-bond acceptors (Lipinski definition) is 1. The van der Waals surface area contributed by atoms with E-state index in [-0.39, 0.29) is 5.92 Å². The average Bonchev–Trinajstić information content (AvgIpc) is 2.55. The molecular weight excluding hydrogens is 196 g/mol. The first-order valence-corrected chi connectivity index (χ1v) is 5.76. The summed E-state index contributed by atoms with van der Waals surface area (Å²) in [6.07, 6.45) is 0. The second kappa shape index (κ2) is 3.18. The van der Waals surface area contributed by atoms with Crippen molar-refractivity contribution in [2.45, 2.75) is 19.8 Å². The van der Waals surface area contributed by atoms with Gasteiger partial charge in [-0.2, -0.15) is 0 Å². The zero-order valence-corrected chi connectivity index (χ0v) is 9.53. The Hall–Kier alpha value is -1.63. The monoisotopic (exact) mass is 210 g/mol. The highest BCUT2D eigenvalue weighted by atomic mass is 16.1. The van der Waals surface area contributed by atoms with Crippen LogP contribution in [0.5, 0.6) is 0 Å². The molecule has 0 aliphatic heterocycles. The van der Waals surface area contributed by atoms with Crippen LogP contribution in [0.3, 0.4) is 0 Å².